The Hall–Kier alpha value is -4.50. The number of thiophene rings is 1. The number of halogens is 1. The smallest absolute Gasteiger partial charge is 0.348 e. The molecule has 0 aliphatic rings. The zero-order valence-corrected chi connectivity index (χ0v) is 24.4. The Morgan fingerprint density at radius 3 is 2.43 bits per heavy atom. The average Bonchev–Trinajstić information content (AvgIpc) is 3.71. The molecule has 15 heteroatoms. The maximum atomic E-state index is 13.6. The fourth-order valence-electron chi connectivity index (χ4n) is 3.75. The summed E-state index contributed by atoms with van der Waals surface area (Å²) in [6, 6.07) is 8.64. The largest absolute Gasteiger partial charge is 0.462 e. The molecule has 0 fully saturated rings. The topological polar surface area (TPSA) is 155 Å². The molecule has 4 aromatic rings. The molecule has 0 saturated carbocycles. The number of carbonyl (C=O) groups is 4. The van der Waals surface area contributed by atoms with Crippen LogP contribution in [0.5, 0.6) is 0 Å². The number of furan rings is 1. The van der Waals surface area contributed by atoms with Crippen molar-refractivity contribution in [3.63, 3.8) is 0 Å². The molecule has 42 heavy (non-hydrogen) atoms. The average molecular weight is 616 g/mol. The number of aromatic nitrogens is 3. The highest BCUT2D eigenvalue weighted by Crippen LogP contribution is 2.34. The van der Waals surface area contributed by atoms with Crippen molar-refractivity contribution >= 4 is 51.9 Å². The number of ether oxygens (including phenoxy) is 2. The van der Waals surface area contributed by atoms with E-state index in [-0.39, 0.29) is 46.7 Å². The van der Waals surface area contributed by atoms with Crippen molar-refractivity contribution in [1.29, 1.82) is 0 Å². The number of benzene rings is 1. The van der Waals surface area contributed by atoms with Gasteiger partial charge in [-0.1, -0.05) is 11.8 Å². The second kappa shape index (κ2) is 13.9. The van der Waals surface area contributed by atoms with Crippen molar-refractivity contribution in [1.82, 2.24) is 20.1 Å². The summed E-state index contributed by atoms with van der Waals surface area (Å²) in [5.74, 6) is -2.42. The highest BCUT2D eigenvalue weighted by atomic mass is 32.2. The molecule has 12 nitrogen and oxygen atoms in total. The first-order valence-electron chi connectivity index (χ1n) is 12.7. The fourth-order valence-corrected chi connectivity index (χ4v) is 5.62. The van der Waals surface area contributed by atoms with E-state index in [0.29, 0.717) is 22.2 Å². The van der Waals surface area contributed by atoms with Crippen LogP contribution in [-0.4, -0.2) is 57.5 Å². The van der Waals surface area contributed by atoms with Gasteiger partial charge < -0.3 is 24.5 Å². The maximum absolute atomic E-state index is 13.6. The van der Waals surface area contributed by atoms with Gasteiger partial charge in [-0.05, 0) is 62.7 Å². The minimum Gasteiger partial charge on any atom is -0.462 e. The third-order valence-corrected chi connectivity index (χ3v) is 7.73. The Morgan fingerprint density at radius 2 is 1.76 bits per heavy atom. The minimum absolute atomic E-state index is 0.0370. The van der Waals surface area contributed by atoms with Gasteiger partial charge in [-0.2, -0.15) is 0 Å². The Kier molecular flexibility index (Phi) is 10.1. The van der Waals surface area contributed by atoms with Gasteiger partial charge in [0.15, 0.2) is 16.7 Å². The number of rotatable bonds is 12. The molecule has 0 bridgehead atoms. The van der Waals surface area contributed by atoms with Crippen LogP contribution in [-0.2, 0) is 20.8 Å². The van der Waals surface area contributed by atoms with Crippen molar-refractivity contribution < 1.29 is 37.5 Å². The van der Waals surface area contributed by atoms with Crippen LogP contribution in [0.3, 0.4) is 0 Å². The molecule has 1 aromatic carbocycles. The molecule has 2 amide bonds. The lowest BCUT2D eigenvalue weighted by Crippen LogP contribution is -2.24. The molecule has 0 aliphatic heterocycles. The Balaban J connectivity index is 1.53. The quantitative estimate of drug-likeness (QED) is 0.173. The van der Waals surface area contributed by atoms with Gasteiger partial charge in [0.1, 0.15) is 15.7 Å². The molecule has 3 aromatic heterocycles. The van der Waals surface area contributed by atoms with Gasteiger partial charge in [0, 0.05) is 5.69 Å². The van der Waals surface area contributed by atoms with Crippen LogP contribution in [0.1, 0.15) is 55.8 Å². The van der Waals surface area contributed by atoms with Crippen molar-refractivity contribution in [3.8, 4) is 5.69 Å². The monoisotopic (exact) mass is 615 g/mol. The van der Waals surface area contributed by atoms with E-state index < -0.39 is 29.6 Å². The highest BCUT2D eigenvalue weighted by Gasteiger charge is 2.27. The number of nitrogens with zero attached hydrogens (tertiary/aromatic N) is 3. The number of thioether (sulfide) groups is 1. The van der Waals surface area contributed by atoms with Gasteiger partial charge in [-0.3, -0.25) is 14.2 Å². The molecule has 0 radical (unpaired) electrons. The summed E-state index contributed by atoms with van der Waals surface area (Å²) in [6.45, 7) is 5.11. The fraction of sp³-hybridized carbons (Fsp3) is 0.259. The number of esters is 2. The third kappa shape index (κ3) is 7.03. The predicted molar refractivity (Wildman–Crippen MR) is 152 cm³/mol. The molecule has 3 heterocycles. The molecule has 0 atom stereocenters. The summed E-state index contributed by atoms with van der Waals surface area (Å²) in [5, 5.41) is 14.1. The molecule has 220 valence electrons. The molecule has 2 N–H and O–H groups in total. The molecular formula is C27H26FN5O7S2. The normalized spacial score (nSPS) is 10.8. The third-order valence-electron chi connectivity index (χ3n) is 5.61. The molecule has 0 unspecified atom stereocenters. The first-order valence-corrected chi connectivity index (χ1v) is 14.5. The summed E-state index contributed by atoms with van der Waals surface area (Å²) >= 11 is 1.94. The van der Waals surface area contributed by atoms with Crippen molar-refractivity contribution in [2.75, 3.05) is 24.3 Å². The zero-order chi connectivity index (χ0) is 30.2. The second-order valence-corrected chi connectivity index (χ2v) is 10.4. The van der Waals surface area contributed by atoms with Crippen LogP contribution < -0.4 is 10.6 Å². The summed E-state index contributed by atoms with van der Waals surface area (Å²) in [6.07, 6.45) is 1.38. The molecular weight excluding hydrogens is 589 g/mol. The van der Waals surface area contributed by atoms with Gasteiger partial charge in [-0.15, -0.1) is 21.5 Å². The number of hydrogen-bond acceptors (Lipinski definition) is 11. The summed E-state index contributed by atoms with van der Waals surface area (Å²) in [5.41, 5.74) is 0.925. The summed E-state index contributed by atoms with van der Waals surface area (Å²) < 4.78 is 30.5. The van der Waals surface area contributed by atoms with E-state index in [9.17, 15) is 23.6 Å². The lowest BCUT2D eigenvalue weighted by atomic mass is 10.1. The summed E-state index contributed by atoms with van der Waals surface area (Å²) in [7, 11) is 0. The second-order valence-electron chi connectivity index (χ2n) is 8.41. The highest BCUT2D eigenvalue weighted by molar-refractivity contribution is 7.99. The predicted octanol–water partition coefficient (Wildman–Crippen LogP) is 4.38. The number of amides is 2. The van der Waals surface area contributed by atoms with Crippen LogP contribution in [0.2, 0.25) is 0 Å². The molecule has 4 rings (SSSR count). The van der Waals surface area contributed by atoms with Gasteiger partial charge >= 0.3 is 11.9 Å². The van der Waals surface area contributed by atoms with E-state index in [1.54, 1.807) is 31.4 Å². The number of anilines is 1. The first-order chi connectivity index (χ1) is 20.2. The zero-order valence-electron chi connectivity index (χ0n) is 22.8. The van der Waals surface area contributed by atoms with Gasteiger partial charge in [-0.25, -0.2) is 14.0 Å². The van der Waals surface area contributed by atoms with Crippen LogP contribution in [0, 0.1) is 12.7 Å². The van der Waals surface area contributed by atoms with Crippen LogP contribution in [0.4, 0.5) is 9.39 Å². The van der Waals surface area contributed by atoms with E-state index >= 15 is 0 Å². The van der Waals surface area contributed by atoms with E-state index in [1.807, 2.05) is 0 Å². The van der Waals surface area contributed by atoms with Crippen LogP contribution >= 0.6 is 23.1 Å². The lowest BCUT2D eigenvalue weighted by molar-refractivity contribution is -0.113. The number of carbonyl (C=O) groups excluding carboxylic acids is 4. The maximum Gasteiger partial charge on any atom is 0.348 e. The van der Waals surface area contributed by atoms with Gasteiger partial charge in [0.25, 0.3) is 5.91 Å². The Morgan fingerprint density at radius 1 is 1.05 bits per heavy atom. The SMILES string of the molecule is CCOC(=O)c1sc(NC(=O)CSc2nnc(CNC(=O)c3ccco3)n2-c2ccc(F)cc2)c(C(=O)OCC)c1C. The molecule has 0 saturated heterocycles. The summed E-state index contributed by atoms with van der Waals surface area (Å²) in [4.78, 5) is 50.6. The van der Waals surface area contributed by atoms with Crippen molar-refractivity contribution in [2.24, 2.45) is 0 Å². The number of hydrogen-bond donors (Lipinski definition) is 2. The van der Waals surface area contributed by atoms with E-state index in [4.69, 9.17) is 13.9 Å². The van der Waals surface area contributed by atoms with Crippen LogP contribution in [0.25, 0.3) is 5.69 Å². The van der Waals surface area contributed by atoms with Crippen molar-refractivity contribution in [3.05, 3.63) is 76.1 Å². The van der Waals surface area contributed by atoms with E-state index in [0.717, 1.165) is 23.1 Å². The molecule has 0 aliphatic carbocycles. The standard InChI is InChI=1S/C27H26FN5O7S2/c1-4-38-25(36)21-15(3)22(26(37)39-5-2)42-24(21)30-20(34)14-41-27-32-31-19(13-29-23(35)18-7-6-12-40-18)33(27)17-10-8-16(28)9-11-17/h6-12H,4-5,13-14H2,1-3H3,(H,29,35)(H,30,34). The Labute approximate surface area is 247 Å². The first kappa shape index (κ1) is 30.5. The van der Waals surface area contributed by atoms with Gasteiger partial charge in [0.05, 0.1) is 37.3 Å². The molecule has 0 spiro atoms. The minimum atomic E-state index is -0.679. The van der Waals surface area contributed by atoms with E-state index in [1.165, 1.54) is 36.6 Å². The van der Waals surface area contributed by atoms with E-state index in [2.05, 4.69) is 20.8 Å². The van der Waals surface area contributed by atoms with Crippen LogP contribution in [0.15, 0.2) is 52.2 Å². The number of nitrogens with one attached hydrogen (secondary N) is 2. The van der Waals surface area contributed by atoms with Gasteiger partial charge in [0.2, 0.25) is 5.91 Å². The van der Waals surface area contributed by atoms with Crippen molar-refractivity contribution in [2.45, 2.75) is 32.5 Å². The lowest BCUT2D eigenvalue weighted by Gasteiger charge is -2.11. The Bertz CT molecular complexity index is 1580.